The number of Topliss-reactive ketones (excluding diaryl/α,β-unsaturated/α-hetero) is 2. The first-order chi connectivity index (χ1) is 14.6. The maximum Gasteiger partial charge on any atom is 0.316 e. The highest BCUT2D eigenvalue weighted by Crippen LogP contribution is 2.56. The number of hydrogen-bond acceptors (Lipinski definition) is 9. The number of ether oxygens (including phenoxy) is 1. The van der Waals surface area contributed by atoms with E-state index in [1.807, 2.05) is 0 Å². The summed E-state index contributed by atoms with van der Waals surface area (Å²) in [5, 5.41) is 54.0. The summed E-state index contributed by atoms with van der Waals surface area (Å²) in [6, 6.07) is 0. The van der Waals surface area contributed by atoms with Crippen LogP contribution in [0, 0.1) is 11.8 Å². The second-order valence-corrected chi connectivity index (χ2v) is 8.12. The fourth-order valence-corrected chi connectivity index (χ4v) is 5.03. The van der Waals surface area contributed by atoms with E-state index >= 15 is 0 Å². The number of aliphatic hydroxyl groups excluding tert-OH is 2. The Morgan fingerprint density at radius 3 is 2.35 bits per heavy atom. The Labute approximate surface area is 176 Å². The number of esters is 1. The Hall–Kier alpha value is -3.17. The number of phenols is 2. The van der Waals surface area contributed by atoms with Gasteiger partial charge < -0.3 is 30.3 Å². The van der Waals surface area contributed by atoms with Crippen molar-refractivity contribution in [2.45, 2.75) is 37.4 Å². The molecule has 0 amide bonds. The molecule has 9 heteroatoms. The summed E-state index contributed by atoms with van der Waals surface area (Å²) in [7, 11) is 1.08. The highest BCUT2D eigenvalue weighted by atomic mass is 16.5. The van der Waals surface area contributed by atoms with Crippen molar-refractivity contribution in [2.24, 2.45) is 11.8 Å². The number of ketones is 2. The Morgan fingerprint density at radius 1 is 1.13 bits per heavy atom. The van der Waals surface area contributed by atoms with E-state index < -0.39 is 69.6 Å². The monoisotopic (exact) mass is 430 g/mol. The number of allylic oxidation sites excluding steroid dienone is 4. The van der Waals surface area contributed by atoms with Crippen LogP contribution in [0.15, 0.2) is 24.0 Å². The highest BCUT2D eigenvalue weighted by Gasteiger charge is 2.55. The van der Waals surface area contributed by atoms with E-state index in [0.29, 0.717) is 0 Å². The maximum absolute atomic E-state index is 13.2. The van der Waals surface area contributed by atoms with Gasteiger partial charge in [0, 0.05) is 17.5 Å². The lowest BCUT2D eigenvalue weighted by atomic mass is 9.64. The zero-order valence-corrected chi connectivity index (χ0v) is 16.8. The number of methoxy groups -OCH3 is 1. The van der Waals surface area contributed by atoms with Crippen LogP contribution in [-0.2, 0) is 9.53 Å². The molecule has 5 atom stereocenters. The Kier molecular flexibility index (Phi) is 4.71. The molecule has 1 aromatic carbocycles. The molecule has 5 N–H and O–H groups in total. The number of rotatable bonds is 2. The third kappa shape index (κ3) is 2.66. The number of hydrogen-bond donors (Lipinski definition) is 5. The van der Waals surface area contributed by atoms with Crippen LogP contribution < -0.4 is 0 Å². The van der Waals surface area contributed by atoms with Gasteiger partial charge >= 0.3 is 5.97 Å². The SMILES string of the molecule is CC[C@@]1(O)C[C@H](O)c2c(O)c3c(c(O)c2[C@H]1C(=O)OC)C(=O)[C@@H]1C=CC=C(O)[C@H]1C3=O. The van der Waals surface area contributed by atoms with Gasteiger partial charge in [-0.15, -0.1) is 0 Å². The van der Waals surface area contributed by atoms with Crippen LogP contribution in [0.4, 0.5) is 0 Å². The third-order valence-electron chi connectivity index (χ3n) is 6.62. The van der Waals surface area contributed by atoms with Crippen LogP contribution in [-0.4, -0.2) is 55.8 Å². The lowest BCUT2D eigenvalue weighted by Crippen LogP contribution is -2.46. The standard InChI is InChI=1S/C22H22O9/c1-3-22(30)7-10(24)12-13(16(22)21(29)31-2)20(28)14-15(19(12)27)18(26)11-8(17(14)25)5-4-6-9(11)23/h4-6,8,10-11,16,23-24,27-28,30H,3,7H2,1-2H3/t8-,10+,11+,16+,22-/m1/s1. The first-order valence-corrected chi connectivity index (χ1v) is 9.84. The van der Waals surface area contributed by atoms with Crippen LogP contribution in [0.5, 0.6) is 11.5 Å². The van der Waals surface area contributed by atoms with Crippen molar-refractivity contribution in [3.8, 4) is 11.5 Å². The fraction of sp³-hybridized carbons (Fsp3) is 0.409. The molecule has 0 saturated heterocycles. The summed E-state index contributed by atoms with van der Waals surface area (Å²) in [6.45, 7) is 1.57. The first kappa shape index (κ1) is 21.1. The van der Waals surface area contributed by atoms with Crippen LogP contribution >= 0.6 is 0 Å². The van der Waals surface area contributed by atoms with E-state index in [0.717, 1.165) is 7.11 Å². The smallest absolute Gasteiger partial charge is 0.316 e. The molecule has 0 radical (unpaired) electrons. The molecule has 0 aromatic heterocycles. The van der Waals surface area contributed by atoms with E-state index in [-0.39, 0.29) is 29.7 Å². The van der Waals surface area contributed by atoms with Gasteiger partial charge in [0.05, 0.1) is 41.8 Å². The number of benzene rings is 1. The maximum atomic E-state index is 13.2. The van der Waals surface area contributed by atoms with Gasteiger partial charge in [-0.25, -0.2) is 0 Å². The summed E-state index contributed by atoms with van der Waals surface area (Å²) in [4.78, 5) is 39.0. The third-order valence-corrected chi connectivity index (χ3v) is 6.62. The van der Waals surface area contributed by atoms with Gasteiger partial charge in [0.15, 0.2) is 11.6 Å². The molecule has 0 unspecified atom stereocenters. The molecule has 3 aliphatic carbocycles. The van der Waals surface area contributed by atoms with Crippen molar-refractivity contribution in [1.82, 2.24) is 0 Å². The summed E-state index contributed by atoms with van der Waals surface area (Å²) < 4.78 is 4.79. The number of aliphatic hydroxyl groups is 3. The molecule has 164 valence electrons. The van der Waals surface area contributed by atoms with Crippen molar-refractivity contribution in [3.05, 3.63) is 46.2 Å². The minimum atomic E-state index is -1.83. The van der Waals surface area contributed by atoms with E-state index in [1.165, 1.54) is 18.2 Å². The fourth-order valence-electron chi connectivity index (χ4n) is 5.03. The van der Waals surface area contributed by atoms with Crippen LogP contribution in [0.25, 0.3) is 0 Å². The Bertz CT molecular complexity index is 1080. The zero-order valence-electron chi connectivity index (χ0n) is 16.8. The van der Waals surface area contributed by atoms with E-state index in [4.69, 9.17) is 4.74 Å². The lowest BCUT2D eigenvalue weighted by Gasteiger charge is -2.43. The van der Waals surface area contributed by atoms with Crippen molar-refractivity contribution in [2.75, 3.05) is 7.11 Å². The second kappa shape index (κ2) is 6.93. The molecule has 9 nitrogen and oxygen atoms in total. The van der Waals surface area contributed by atoms with Crippen molar-refractivity contribution >= 4 is 17.5 Å². The van der Waals surface area contributed by atoms with Gasteiger partial charge in [-0.3, -0.25) is 14.4 Å². The number of phenolic OH excluding ortho intramolecular Hbond substituents is 2. The van der Waals surface area contributed by atoms with Crippen LogP contribution in [0.3, 0.4) is 0 Å². The molecule has 4 rings (SSSR count). The highest BCUT2D eigenvalue weighted by molar-refractivity contribution is 6.21. The average Bonchev–Trinajstić information content (AvgIpc) is 2.73. The number of aromatic hydroxyl groups is 2. The van der Waals surface area contributed by atoms with Gasteiger partial charge in [0.25, 0.3) is 0 Å². The molecule has 1 aromatic rings. The molecular weight excluding hydrogens is 408 g/mol. The predicted octanol–water partition coefficient (Wildman–Crippen LogP) is 1.56. The van der Waals surface area contributed by atoms with Crippen molar-refractivity contribution in [3.63, 3.8) is 0 Å². The van der Waals surface area contributed by atoms with Crippen LogP contribution in [0.2, 0.25) is 0 Å². The molecule has 3 aliphatic rings. The van der Waals surface area contributed by atoms with E-state index in [1.54, 1.807) is 6.92 Å². The quantitative estimate of drug-likeness (QED) is 0.346. The van der Waals surface area contributed by atoms with Crippen molar-refractivity contribution in [1.29, 1.82) is 0 Å². The first-order valence-electron chi connectivity index (χ1n) is 9.84. The molecule has 0 saturated carbocycles. The summed E-state index contributed by atoms with van der Waals surface area (Å²) in [5.74, 6) is -8.25. The second-order valence-electron chi connectivity index (χ2n) is 8.12. The molecule has 0 aliphatic heterocycles. The molecule has 0 bridgehead atoms. The van der Waals surface area contributed by atoms with Crippen molar-refractivity contribution < 1.29 is 44.7 Å². The largest absolute Gasteiger partial charge is 0.512 e. The molecule has 0 spiro atoms. The van der Waals surface area contributed by atoms with Gasteiger partial charge in [-0.05, 0) is 12.5 Å². The summed E-state index contributed by atoms with van der Waals surface area (Å²) in [6.07, 6.45) is 2.16. The average molecular weight is 430 g/mol. The van der Waals surface area contributed by atoms with Gasteiger partial charge in [0.1, 0.15) is 23.2 Å². The number of carbonyl (C=O) groups is 3. The van der Waals surface area contributed by atoms with Gasteiger partial charge in [-0.1, -0.05) is 19.1 Å². The van der Waals surface area contributed by atoms with Gasteiger partial charge in [0.2, 0.25) is 0 Å². The Morgan fingerprint density at radius 2 is 1.74 bits per heavy atom. The summed E-state index contributed by atoms with van der Waals surface area (Å²) >= 11 is 0. The van der Waals surface area contributed by atoms with E-state index in [2.05, 4.69) is 0 Å². The van der Waals surface area contributed by atoms with Crippen LogP contribution in [0.1, 0.15) is 63.6 Å². The molecular formula is C22H22O9. The zero-order chi connectivity index (χ0) is 22.8. The molecule has 0 heterocycles. The molecule has 0 fully saturated rings. The minimum absolute atomic E-state index is 0.000462. The summed E-state index contributed by atoms with van der Waals surface area (Å²) in [5.41, 5.74) is -3.52. The topological polar surface area (TPSA) is 162 Å². The van der Waals surface area contributed by atoms with Gasteiger partial charge in [-0.2, -0.15) is 0 Å². The molecule has 31 heavy (non-hydrogen) atoms. The number of carbonyl (C=O) groups excluding carboxylic acids is 3. The normalized spacial score (nSPS) is 31.4. The Balaban J connectivity index is 2.07. The minimum Gasteiger partial charge on any atom is -0.512 e. The lowest BCUT2D eigenvalue weighted by molar-refractivity contribution is -0.153. The predicted molar refractivity (Wildman–Crippen MR) is 105 cm³/mol. The van der Waals surface area contributed by atoms with E-state index in [9.17, 15) is 39.9 Å². The number of fused-ring (bicyclic) bond motifs is 3.